The number of hydrogen-bond donors (Lipinski definition) is 3. The lowest BCUT2D eigenvalue weighted by atomic mass is 10.0. The molecule has 1 unspecified atom stereocenters. The number of hydrogen-bond acceptors (Lipinski definition) is 7. The smallest absolute Gasteiger partial charge is 0.367 e. The first-order chi connectivity index (χ1) is 17.2. The van der Waals surface area contributed by atoms with Gasteiger partial charge in [-0.15, -0.1) is 0 Å². The normalized spacial score (nSPS) is 19.8. The number of anilines is 2. The van der Waals surface area contributed by atoms with Crippen LogP contribution in [0.15, 0.2) is 22.7 Å². The first-order valence-electron chi connectivity index (χ1n) is 12.2. The molecular formula is C24H30F3N7O2. The van der Waals surface area contributed by atoms with Crippen LogP contribution in [0.25, 0.3) is 10.9 Å². The minimum Gasteiger partial charge on any atom is -0.367 e. The Balaban J connectivity index is 1.10. The van der Waals surface area contributed by atoms with Crippen LogP contribution in [0.2, 0.25) is 0 Å². The summed E-state index contributed by atoms with van der Waals surface area (Å²) in [5, 5.41) is 17.0. The highest BCUT2D eigenvalue weighted by Gasteiger charge is 2.33. The van der Waals surface area contributed by atoms with Gasteiger partial charge in [-0.05, 0) is 51.3 Å². The van der Waals surface area contributed by atoms with E-state index in [4.69, 9.17) is 4.52 Å². The second-order valence-electron chi connectivity index (χ2n) is 9.62. The molecule has 1 amide bonds. The Labute approximate surface area is 206 Å². The van der Waals surface area contributed by atoms with Crippen molar-refractivity contribution in [2.24, 2.45) is 0 Å². The standard InChI is InChI=1S/C24H30F3N7O2/c1-14-22(15(2)36-32-14)33-9-6-18(7-10-33)34-8-5-17(13-34)29-21(35)12-28-23-19-11-16(24(25,26)27)3-4-20(19)30-31-23/h3-4,11,17-18H,5-10,12-13H2,1-2H3,(H,29,35)(H2,28,30,31). The Morgan fingerprint density at radius 2 is 1.97 bits per heavy atom. The average Bonchev–Trinajstić information content (AvgIpc) is 3.56. The zero-order chi connectivity index (χ0) is 25.4. The van der Waals surface area contributed by atoms with Crippen molar-refractivity contribution in [3.05, 3.63) is 35.2 Å². The molecule has 0 saturated carbocycles. The Kier molecular flexibility index (Phi) is 6.54. The van der Waals surface area contributed by atoms with Crippen molar-refractivity contribution in [3.63, 3.8) is 0 Å². The van der Waals surface area contributed by atoms with Crippen LogP contribution in [0, 0.1) is 13.8 Å². The maximum atomic E-state index is 13.0. The first-order valence-corrected chi connectivity index (χ1v) is 12.2. The van der Waals surface area contributed by atoms with Gasteiger partial charge in [-0.1, -0.05) is 5.16 Å². The third-order valence-corrected chi connectivity index (χ3v) is 7.18. The molecule has 3 aromatic rings. The van der Waals surface area contributed by atoms with E-state index in [0.29, 0.717) is 16.9 Å². The fraction of sp³-hybridized carbons (Fsp3) is 0.542. The van der Waals surface area contributed by atoms with E-state index in [0.717, 1.165) is 74.7 Å². The molecule has 2 aliphatic heterocycles. The molecule has 1 atom stereocenters. The Bertz CT molecular complexity index is 1210. The van der Waals surface area contributed by atoms with Crippen LogP contribution >= 0.6 is 0 Å². The van der Waals surface area contributed by atoms with Crippen molar-refractivity contribution in [1.82, 2.24) is 25.6 Å². The summed E-state index contributed by atoms with van der Waals surface area (Å²) in [5.41, 5.74) is 1.74. The van der Waals surface area contributed by atoms with Crippen molar-refractivity contribution in [3.8, 4) is 0 Å². The van der Waals surface area contributed by atoms with Crippen LogP contribution in [0.1, 0.15) is 36.3 Å². The van der Waals surface area contributed by atoms with E-state index in [1.807, 2.05) is 13.8 Å². The van der Waals surface area contributed by atoms with Crippen molar-refractivity contribution in [1.29, 1.82) is 0 Å². The molecule has 1 aromatic carbocycles. The first kappa shape index (κ1) is 24.4. The number of benzene rings is 1. The summed E-state index contributed by atoms with van der Waals surface area (Å²) in [6.45, 7) is 7.45. The lowest BCUT2D eigenvalue weighted by Crippen LogP contribution is -2.46. The predicted octanol–water partition coefficient (Wildman–Crippen LogP) is 3.46. The van der Waals surface area contributed by atoms with Gasteiger partial charge < -0.3 is 20.1 Å². The summed E-state index contributed by atoms with van der Waals surface area (Å²) < 4.78 is 44.5. The number of aromatic nitrogens is 3. The van der Waals surface area contributed by atoms with Crippen molar-refractivity contribution in [2.45, 2.75) is 51.4 Å². The molecule has 0 radical (unpaired) electrons. The van der Waals surface area contributed by atoms with E-state index >= 15 is 0 Å². The lowest BCUT2D eigenvalue weighted by molar-refractivity contribution is -0.137. The van der Waals surface area contributed by atoms with Gasteiger partial charge in [-0.3, -0.25) is 14.8 Å². The van der Waals surface area contributed by atoms with E-state index in [1.54, 1.807) is 0 Å². The number of likely N-dealkylation sites (tertiary alicyclic amines) is 1. The summed E-state index contributed by atoms with van der Waals surface area (Å²) >= 11 is 0. The Morgan fingerprint density at radius 1 is 1.19 bits per heavy atom. The number of piperidine rings is 1. The van der Waals surface area contributed by atoms with Gasteiger partial charge in [0.25, 0.3) is 0 Å². The van der Waals surface area contributed by atoms with Crippen LogP contribution in [-0.2, 0) is 11.0 Å². The largest absolute Gasteiger partial charge is 0.416 e. The minimum atomic E-state index is -4.45. The quantitative estimate of drug-likeness (QED) is 0.472. The molecule has 2 aromatic heterocycles. The number of rotatable bonds is 6. The third kappa shape index (κ3) is 4.99. The van der Waals surface area contributed by atoms with Gasteiger partial charge in [0, 0.05) is 43.6 Å². The second kappa shape index (κ2) is 9.64. The van der Waals surface area contributed by atoms with E-state index in [2.05, 4.69) is 35.8 Å². The maximum Gasteiger partial charge on any atom is 0.416 e. The number of nitrogens with one attached hydrogen (secondary N) is 3. The molecule has 3 N–H and O–H groups in total. The van der Waals surface area contributed by atoms with Gasteiger partial charge in [-0.2, -0.15) is 18.3 Å². The SMILES string of the molecule is Cc1noc(C)c1N1CCC(N2CCC(NC(=O)CNc3n[nH]c4ccc(C(F)(F)F)cc34)C2)CC1. The van der Waals surface area contributed by atoms with Crippen LogP contribution in [0.4, 0.5) is 24.7 Å². The number of carbonyl (C=O) groups excluding carboxylic acids is 1. The van der Waals surface area contributed by atoms with Gasteiger partial charge in [0.05, 0.1) is 17.6 Å². The second-order valence-corrected chi connectivity index (χ2v) is 9.62. The number of alkyl halides is 3. The number of aromatic amines is 1. The summed E-state index contributed by atoms with van der Waals surface area (Å²) in [5.74, 6) is 0.870. The van der Waals surface area contributed by atoms with Crippen LogP contribution in [0.3, 0.4) is 0 Å². The van der Waals surface area contributed by atoms with Gasteiger partial charge in [0.2, 0.25) is 5.91 Å². The number of halogens is 3. The van der Waals surface area contributed by atoms with Crippen LogP contribution in [-0.4, -0.2) is 71.0 Å². The van der Waals surface area contributed by atoms with Crippen molar-refractivity contribution < 1.29 is 22.5 Å². The molecule has 2 aliphatic rings. The Morgan fingerprint density at radius 3 is 2.67 bits per heavy atom. The van der Waals surface area contributed by atoms with Crippen molar-refractivity contribution in [2.75, 3.05) is 42.9 Å². The summed E-state index contributed by atoms with van der Waals surface area (Å²) in [6.07, 6.45) is -1.49. The van der Waals surface area contributed by atoms with Crippen molar-refractivity contribution >= 4 is 28.3 Å². The zero-order valence-electron chi connectivity index (χ0n) is 20.3. The fourth-order valence-electron chi connectivity index (χ4n) is 5.39. The molecule has 194 valence electrons. The number of amides is 1. The van der Waals surface area contributed by atoms with Gasteiger partial charge in [-0.25, -0.2) is 0 Å². The predicted molar refractivity (Wildman–Crippen MR) is 129 cm³/mol. The van der Waals surface area contributed by atoms with E-state index < -0.39 is 11.7 Å². The van der Waals surface area contributed by atoms with E-state index in [1.165, 1.54) is 6.07 Å². The minimum absolute atomic E-state index is 0.0488. The number of aryl methyl sites for hydroxylation is 2. The monoisotopic (exact) mass is 505 g/mol. The topological polar surface area (TPSA) is 102 Å². The molecule has 4 heterocycles. The molecule has 0 aliphatic carbocycles. The van der Waals surface area contributed by atoms with E-state index in [9.17, 15) is 18.0 Å². The number of H-pyrrole nitrogens is 1. The molecular weight excluding hydrogens is 475 g/mol. The van der Waals surface area contributed by atoms with Crippen LogP contribution in [0.5, 0.6) is 0 Å². The maximum absolute atomic E-state index is 13.0. The highest BCUT2D eigenvalue weighted by atomic mass is 19.4. The number of fused-ring (bicyclic) bond motifs is 1. The fourth-order valence-corrected chi connectivity index (χ4v) is 5.39. The number of carbonyl (C=O) groups is 1. The number of nitrogens with zero attached hydrogens (tertiary/aromatic N) is 4. The highest BCUT2D eigenvalue weighted by molar-refractivity contribution is 5.92. The Hall–Kier alpha value is -3.28. The molecule has 5 rings (SSSR count). The highest BCUT2D eigenvalue weighted by Crippen LogP contribution is 2.33. The zero-order valence-corrected chi connectivity index (χ0v) is 20.3. The third-order valence-electron chi connectivity index (χ3n) is 7.18. The van der Waals surface area contributed by atoms with Gasteiger partial charge >= 0.3 is 6.18 Å². The molecule has 2 fully saturated rings. The van der Waals surface area contributed by atoms with Crippen LogP contribution < -0.4 is 15.5 Å². The van der Waals surface area contributed by atoms with Gasteiger partial charge in [0.15, 0.2) is 11.6 Å². The molecule has 36 heavy (non-hydrogen) atoms. The molecule has 0 spiro atoms. The summed E-state index contributed by atoms with van der Waals surface area (Å²) in [6, 6.07) is 3.89. The molecule has 9 nitrogen and oxygen atoms in total. The van der Waals surface area contributed by atoms with Gasteiger partial charge in [0.1, 0.15) is 11.4 Å². The summed E-state index contributed by atoms with van der Waals surface area (Å²) in [7, 11) is 0. The molecule has 2 saturated heterocycles. The lowest BCUT2D eigenvalue weighted by Gasteiger charge is -2.37. The average molecular weight is 506 g/mol. The molecule has 12 heteroatoms. The molecule has 0 bridgehead atoms. The summed E-state index contributed by atoms with van der Waals surface area (Å²) in [4.78, 5) is 17.3. The van der Waals surface area contributed by atoms with E-state index in [-0.39, 0.29) is 24.3 Å².